The standard InChI is InChI=1S/C14H12Cl2N2O/c1-8-2-3-12(7-13(8)16)18-14(19)9-4-10(15)6-11(17)5-9/h2-7H,17H2,1H3,(H,18,19). The first-order valence-electron chi connectivity index (χ1n) is 5.59. The summed E-state index contributed by atoms with van der Waals surface area (Å²) in [5.41, 5.74) is 8.07. The minimum atomic E-state index is -0.283. The third kappa shape index (κ3) is 3.40. The van der Waals surface area contributed by atoms with Gasteiger partial charge in [-0.3, -0.25) is 4.79 Å². The second kappa shape index (κ2) is 5.51. The monoisotopic (exact) mass is 294 g/mol. The molecule has 19 heavy (non-hydrogen) atoms. The van der Waals surface area contributed by atoms with Crippen LogP contribution in [0.2, 0.25) is 10.0 Å². The van der Waals surface area contributed by atoms with E-state index in [-0.39, 0.29) is 5.91 Å². The number of hydrogen-bond acceptors (Lipinski definition) is 2. The van der Waals surface area contributed by atoms with Crippen molar-refractivity contribution in [2.45, 2.75) is 6.92 Å². The molecule has 2 rings (SSSR count). The minimum absolute atomic E-state index is 0.283. The van der Waals surface area contributed by atoms with Gasteiger partial charge in [-0.05, 0) is 42.8 Å². The van der Waals surface area contributed by atoms with Crippen LogP contribution in [0.5, 0.6) is 0 Å². The van der Waals surface area contributed by atoms with E-state index in [9.17, 15) is 4.79 Å². The number of aryl methyl sites for hydroxylation is 1. The first kappa shape index (κ1) is 13.7. The molecule has 0 spiro atoms. The first-order chi connectivity index (χ1) is 8.95. The van der Waals surface area contributed by atoms with Gasteiger partial charge in [-0.15, -0.1) is 0 Å². The molecule has 2 aromatic carbocycles. The Morgan fingerprint density at radius 1 is 1.16 bits per heavy atom. The second-order valence-electron chi connectivity index (χ2n) is 4.19. The van der Waals surface area contributed by atoms with E-state index in [4.69, 9.17) is 28.9 Å². The van der Waals surface area contributed by atoms with Crippen molar-refractivity contribution in [2.75, 3.05) is 11.1 Å². The number of benzene rings is 2. The van der Waals surface area contributed by atoms with Crippen molar-refractivity contribution in [3.8, 4) is 0 Å². The Bertz CT molecular complexity index is 621. The summed E-state index contributed by atoms with van der Waals surface area (Å²) in [4.78, 5) is 12.0. The van der Waals surface area contributed by atoms with E-state index in [2.05, 4.69) is 5.32 Å². The van der Waals surface area contributed by atoms with Gasteiger partial charge in [0.25, 0.3) is 5.91 Å². The first-order valence-corrected chi connectivity index (χ1v) is 6.35. The number of halogens is 2. The molecule has 0 aliphatic carbocycles. The molecule has 0 atom stereocenters. The number of nitrogen functional groups attached to an aromatic ring is 1. The lowest BCUT2D eigenvalue weighted by Gasteiger charge is -2.08. The maximum absolute atomic E-state index is 12.0. The maximum Gasteiger partial charge on any atom is 0.255 e. The molecule has 0 heterocycles. The number of carbonyl (C=O) groups is 1. The van der Waals surface area contributed by atoms with Gasteiger partial charge >= 0.3 is 0 Å². The SMILES string of the molecule is Cc1ccc(NC(=O)c2cc(N)cc(Cl)c2)cc1Cl. The quantitative estimate of drug-likeness (QED) is 0.818. The molecule has 0 saturated heterocycles. The van der Waals surface area contributed by atoms with Crippen LogP contribution in [-0.4, -0.2) is 5.91 Å². The molecule has 0 saturated carbocycles. The van der Waals surface area contributed by atoms with Crippen LogP contribution in [0, 0.1) is 6.92 Å². The number of rotatable bonds is 2. The van der Waals surface area contributed by atoms with Crippen molar-refractivity contribution in [3.05, 3.63) is 57.6 Å². The van der Waals surface area contributed by atoms with E-state index in [1.807, 2.05) is 13.0 Å². The topological polar surface area (TPSA) is 55.1 Å². The highest BCUT2D eigenvalue weighted by molar-refractivity contribution is 6.32. The van der Waals surface area contributed by atoms with Gasteiger partial charge in [-0.2, -0.15) is 0 Å². The highest BCUT2D eigenvalue weighted by atomic mass is 35.5. The van der Waals surface area contributed by atoms with Crippen molar-refractivity contribution in [1.29, 1.82) is 0 Å². The van der Waals surface area contributed by atoms with E-state index in [0.717, 1.165) is 5.56 Å². The van der Waals surface area contributed by atoms with Gasteiger partial charge in [-0.25, -0.2) is 0 Å². The Labute approximate surface area is 121 Å². The summed E-state index contributed by atoms with van der Waals surface area (Å²) < 4.78 is 0. The zero-order valence-corrected chi connectivity index (χ0v) is 11.7. The van der Waals surface area contributed by atoms with Gasteiger partial charge in [0.05, 0.1) is 0 Å². The predicted octanol–water partition coefficient (Wildman–Crippen LogP) is 4.14. The Morgan fingerprint density at radius 2 is 1.89 bits per heavy atom. The van der Waals surface area contributed by atoms with E-state index in [1.165, 1.54) is 0 Å². The molecule has 5 heteroatoms. The smallest absolute Gasteiger partial charge is 0.255 e. The minimum Gasteiger partial charge on any atom is -0.399 e. The summed E-state index contributed by atoms with van der Waals surface area (Å²) in [7, 11) is 0. The molecular weight excluding hydrogens is 283 g/mol. The average molecular weight is 295 g/mol. The molecule has 0 bridgehead atoms. The molecule has 0 radical (unpaired) electrons. The van der Waals surface area contributed by atoms with Crippen LogP contribution in [-0.2, 0) is 0 Å². The van der Waals surface area contributed by atoms with Gasteiger partial charge in [0.15, 0.2) is 0 Å². The van der Waals surface area contributed by atoms with Crippen molar-refractivity contribution in [1.82, 2.24) is 0 Å². The van der Waals surface area contributed by atoms with E-state index in [0.29, 0.717) is 27.0 Å². The summed E-state index contributed by atoms with van der Waals surface area (Å²) >= 11 is 11.9. The second-order valence-corrected chi connectivity index (χ2v) is 5.03. The van der Waals surface area contributed by atoms with Crippen LogP contribution in [0.15, 0.2) is 36.4 Å². The Morgan fingerprint density at radius 3 is 2.53 bits per heavy atom. The van der Waals surface area contributed by atoms with Crippen LogP contribution < -0.4 is 11.1 Å². The van der Waals surface area contributed by atoms with Gasteiger partial charge in [-0.1, -0.05) is 29.3 Å². The third-order valence-electron chi connectivity index (χ3n) is 2.61. The molecule has 0 aromatic heterocycles. The maximum atomic E-state index is 12.0. The van der Waals surface area contributed by atoms with Crippen LogP contribution in [0.25, 0.3) is 0 Å². The summed E-state index contributed by atoms with van der Waals surface area (Å²) in [5, 5.41) is 3.77. The van der Waals surface area contributed by atoms with Crippen LogP contribution in [0.1, 0.15) is 15.9 Å². The Kier molecular flexibility index (Phi) is 3.98. The molecule has 2 aromatic rings. The van der Waals surface area contributed by atoms with Gasteiger partial charge in [0.1, 0.15) is 0 Å². The molecule has 3 N–H and O–H groups in total. The normalized spacial score (nSPS) is 10.3. The lowest BCUT2D eigenvalue weighted by Crippen LogP contribution is -2.12. The number of nitrogens with one attached hydrogen (secondary N) is 1. The average Bonchev–Trinajstić information content (AvgIpc) is 2.32. The number of carbonyl (C=O) groups excluding carboxylic acids is 1. The molecule has 98 valence electrons. The van der Waals surface area contributed by atoms with E-state index >= 15 is 0 Å². The van der Waals surface area contributed by atoms with Crippen LogP contribution in [0.4, 0.5) is 11.4 Å². The van der Waals surface area contributed by atoms with Gasteiger partial charge < -0.3 is 11.1 Å². The van der Waals surface area contributed by atoms with Gasteiger partial charge in [0, 0.05) is 27.0 Å². The summed E-state index contributed by atoms with van der Waals surface area (Å²) in [5.74, 6) is -0.283. The van der Waals surface area contributed by atoms with E-state index < -0.39 is 0 Å². The summed E-state index contributed by atoms with van der Waals surface area (Å²) in [6.07, 6.45) is 0. The Balaban J connectivity index is 2.22. The van der Waals surface area contributed by atoms with Gasteiger partial charge in [0.2, 0.25) is 0 Å². The lowest BCUT2D eigenvalue weighted by atomic mass is 10.1. The largest absolute Gasteiger partial charge is 0.399 e. The van der Waals surface area contributed by atoms with Crippen molar-refractivity contribution >= 4 is 40.5 Å². The fraction of sp³-hybridized carbons (Fsp3) is 0.0714. The highest BCUT2D eigenvalue weighted by Crippen LogP contribution is 2.22. The highest BCUT2D eigenvalue weighted by Gasteiger charge is 2.08. The zero-order valence-electron chi connectivity index (χ0n) is 10.2. The number of hydrogen-bond donors (Lipinski definition) is 2. The molecule has 0 aliphatic rings. The fourth-order valence-electron chi connectivity index (χ4n) is 1.62. The predicted molar refractivity (Wildman–Crippen MR) is 80.0 cm³/mol. The van der Waals surface area contributed by atoms with Crippen LogP contribution >= 0.6 is 23.2 Å². The molecular formula is C14H12Cl2N2O. The number of nitrogens with two attached hydrogens (primary N) is 1. The van der Waals surface area contributed by atoms with Crippen molar-refractivity contribution in [2.24, 2.45) is 0 Å². The summed E-state index contributed by atoms with van der Waals surface area (Å²) in [6, 6.07) is 10.0. The molecule has 0 fully saturated rings. The molecule has 1 amide bonds. The zero-order chi connectivity index (χ0) is 14.0. The Hall–Kier alpha value is -1.71. The summed E-state index contributed by atoms with van der Waals surface area (Å²) in [6.45, 7) is 1.89. The van der Waals surface area contributed by atoms with Crippen molar-refractivity contribution < 1.29 is 4.79 Å². The van der Waals surface area contributed by atoms with Crippen molar-refractivity contribution in [3.63, 3.8) is 0 Å². The van der Waals surface area contributed by atoms with E-state index in [1.54, 1.807) is 30.3 Å². The molecule has 0 aliphatic heterocycles. The lowest BCUT2D eigenvalue weighted by molar-refractivity contribution is 0.102. The third-order valence-corrected chi connectivity index (χ3v) is 3.24. The molecule has 3 nitrogen and oxygen atoms in total. The fourth-order valence-corrected chi connectivity index (χ4v) is 2.04. The number of anilines is 2. The van der Waals surface area contributed by atoms with Crippen LogP contribution in [0.3, 0.4) is 0 Å². The molecule has 0 unspecified atom stereocenters. The number of amides is 1.